The molecule has 8 nitrogen and oxygen atoms in total. The Bertz CT molecular complexity index is 1380. The summed E-state index contributed by atoms with van der Waals surface area (Å²) >= 11 is 0. The molecule has 2 aromatic rings. The van der Waals surface area contributed by atoms with E-state index in [-0.39, 0.29) is 11.8 Å². The van der Waals surface area contributed by atoms with Crippen molar-refractivity contribution < 1.29 is 14.1 Å². The van der Waals surface area contributed by atoms with E-state index in [9.17, 15) is 9.59 Å². The minimum atomic E-state index is -0.272. The highest BCUT2D eigenvalue weighted by Gasteiger charge is 2.22. The van der Waals surface area contributed by atoms with Crippen LogP contribution in [0.2, 0.25) is 0 Å². The average molecular weight is 634 g/mol. The normalized spacial score (nSPS) is 15.4. The molecule has 1 atom stereocenters. The van der Waals surface area contributed by atoms with Gasteiger partial charge in [-0.15, -0.1) is 0 Å². The number of carbonyl (C=O) groups is 2. The Morgan fingerprint density at radius 2 is 1.80 bits per heavy atom. The molecule has 3 rings (SSSR count). The third kappa shape index (κ3) is 11.9. The molecule has 1 saturated heterocycles. The van der Waals surface area contributed by atoms with Crippen molar-refractivity contribution in [3.63, 3.8) is 0 Å². The number of aromatic nitrogens is 2. The summed E-state index contributed by atoms with van der Waals surface area (Å²) in [5.41, 5.74) is 7.04. The summed E-state index contributed by atoms with van der Waals surface area (Å²) in [6.45, 7) is 27.4. The van der Waals surface area contributed by atoms with Crippen LogP contribution in [0.3, 0.4) is 0 Å². The number of carbonyl (C=O) groups excluding carboxylic acids is 2. The zero-order valence-corrected chi connectivity index (χ0v) is 30.4. The van der Waals surface area contributed by atoms with Gasteiger partial charge in [0.2, 0.25) is 5.91 Å². The summed E-state index contributed by atoms with van der Waals surface area (Å²) in [4.78, 5) is 32.7. The predicted molar refractivity (Wildman–Crippen MR) is 194 cm³/mol. The van der Waals surface area contributed by atoms with Gasteiger partial charge in [-0.3, -0.25) is 19.5 Å². The zero-order chi connectivity index (χ0) is 34.8. The lowest BCUT2D eigenvalue weighted by Gasteiger charge is -2.20. The Morgan fingerprint density at radius 3 is 2.37 bits per heavy atom. The van der Waals surface area contributed by atoms with Gasteiger partial charge in [0.25, 0.3) is 5.91 Å². The van der Waals surface area contributed by atoms with Crippen LogP contribution in [0, 0.1) is 13.8 Å². The number of nitrogens with zero attached hydrogens (tertiary/aromatic N) is 3. The van der Waals surface area contributed by atoms with Crippen molar-refractivity contribution in [3.8, 4) is 0 Å². The van der Waals surface area contributed by atoms with E-state index >= 15 is 0 Å². The van der Waals surface area contributed by atoms with Crippen LogP contribution < -0.4 is 10.6 Å². The maximum Gasteiger partial charge on any atom is 0.255 e. The first-order valence-corrected chi connectivity index (χ1v) is 17.1. The molecule has 1 aliphatic heterocycles. The van der Waals surface area contributed by atoms with Crippen molar-refractivity contribution in [2.45, 2.75) is 121 Å². The fraction of sp³-hybridized carbons (Fsp3) is 0.526. The minimum absolute atomic E-state index is 0.0886. The van der Waals surface area contributed by atoms with Gasteiger partial charge >= 0.3 is 0 Å². The lowest BCUT2D eigenvalue weighted by atomic mass is 9.94. The maximum absolute atomic E-state index is 13.4. The number of unbranched alkanes of at least 4 members (excludes halogenated alkanes) is 1. The number of hydrogen-bond donors (Lipinski definition) is 2. The van der Waals surface area contributed by atoms with E-state index in [0.29, 0.717) is 35.2 Å². The SMILES string of the molecule is C=C(C)C(=C\C(=C/C)C(=O)Nc1cc(NC(=O)CN2CCCC2C)cnc1C)/C=C(\CC)c1c(CCCC)noc1C.CC.CC. The molecule has 8 heteroatoms. The number of pyridine rings is 1. The Balaban J connectivity index is 0.00000254. The van der Waals surface area contributed by atoms with Crippen molar-refractivity contribution >= 4 is 28.8 Å². The van der Waals surface area contributed by atoms with Gasteiger partial charge in [-0.1, -0.05) is 77.4 Å². The standard InChI is InChI=1S/C34H47N5O3.2C2H6/c1-9-12-15-30-33(25(8)42-38-30)26(10-2)17-28(22(4)5)18-27(11-3)34(41)37-31-19-29(20-35-24(31)7)36-32(40)21-39-16-13-14-23(39)6;2*1-2/h11,17-20,23H,4,9-10,12-16,21H2,1-3,5-8H3,(H,36,40)(H,37,41);2*1-2H3/b26-17+,27-11+,28-18-;;. The molecule has 0 spiro atoms. The van der Waals surface area contributed by atoms with Gasteiger partial charge in [0.15, 0.2) is 0 Å². The average Bonchev–Trinajstić information content (AvgIpc) is 3.63. The zero-order valence-electron chi connectivity index (χ0n) is 30.4. The fourth-order valence-electron chi connectivity index (χ4n) is 5.15. The van der Waals surface area contributed by atoms with Gasteiger partial charge in [0, 0.05) is 17.2 Å². The highest BCUT2D eigenvalue weighted by atomic mass is 16.5. The lowest BCUT2D eigenvalue weighted by Crippen LogP contribution is -2.35. The van der Waals surface area contributed by atoms with Gasteiger partial charge in [-0.25, -0.2) is 0 Å². The van der Waals surface area contributed by atoms with Crippen LogP contribution in [0.15, 0.2) is 58.3 Å². The number of amides is 2. The molecule has 0 saturated carbocycles. The maximum atomic E-state index is 13.4. The Morgan fingerprint density at radius 1 is 1.11 bits per heavy atom. The van der Waals surface area contributed by atoms with Gasteiger partial charge in [0.1, 0.15) is 5.76 Å². The minimum Gasteiger partial charge on any atom is -0.361 e. The highest BCUT2D eigenvalue weighted by Crippen LogP contribution is 2.30. The quantitative estimate of drug-likeness (QED) is 0.168. The molecule has 0 aromatic carbocycles. The first kappa shape index (κ1) is 40.2. The van der Waals surface area contributed by atoms with Crippen molar-refractivity contribution in [1.82, 2.24) is 15.0 Å². The molecular formula is C38H59N5O3. The molecule has 1 fully saturated rings. The second kappa shape index (κ2) is 21.1. The topological polar surface area (TPSA) is 100 Å². The van der Waals surface area contributed by atoms with Gasteiger partial charge in [-0.05, 0) is 96.6 Å². The molecule has 2 aromatic heterocycles. The predicted octanol–water partition coefficient (Wildman–Crippen LogP) is 9.39. The lowest BCUT2D eigenvalue weighted by molar-refractivity contribution is -0.117. The molecule has 0 radical (unpaired) electrons. The molecule has 1 unspecified atom stereocenters. The number of nitrogens with one attached hydrogen (secondary N) is 2. The third-order valence-corrected chi connectivity index (χ3v) is 7.77. The van der Waals surface area contributed by atoms with Crippen molar-refractivity contribution in [1.29, 1.82) is 0 Å². The van der Waals surface area contributed by atoms with E-state index in [2.05, 4.69) is 59.1 Å². The van der Waals surface area contributed by atoms with Crippen LogP contribution in [0.1, 0.15) is 117 Å². The van der Waals surface area contributed by atoms with Crippen molar-refractivity contribution in [2.24, 2.45) is 0 Å². The second-order valence-corrected chi connectivity index (χ2v) is 11.1. The number of rotatable bonds is 13. The van der Waals surface area contributed by atoms with Gasteiger partial charge in [-0.2, -0.15) is 0 Å². The molecule has 254 valence electrons. The van der Waals surface area contributed by atoms with Crippen LogP contribution in [0.25, 0.3) is 5.57 Å². The smallest absolute Gasteiger partial charge is 0.255 e. The van der Waals surface area contributed by atoms with Crippen LogP contribution in [0.5, 0.6) is 0 Å². The molecule has 2 N–H and O–H groups in total. The summed E-state index contributed by atoms with van der Waals surface area (Å²) in [6, 6.07) is 2.16. The first-order valence-electron chi connectivity index (χ1n) is 17.1. The number of aryl methyl sites for hydroxylation is 3. The first-order chi connectivity index (χ1) is 22.1. The van der Waals surface area contributed by atoms with E-state index in [4.69, 9.17) is 4.52 Å². The Kier molecular flexibility index (Phi) is 18.5. The van der Waals surface area contributed by atoms with E-state index in [1.165, 1.54) is 0 Å². The summed E-state index contributed by atoms with van der Waals surface area (Å²) < 4.78 is 5.56. The van der Waals surface area contributed by atoms with Gasteiger partial charge < -0.3 is 15.2 Å². The molecule has 3 heterocycles. The molecule has 2 amide bonds. The summed E-state index contributed by atoms with van der Waals surface area (Å²) in [7, 11) is 0. The molecule has 0 aliphatic carbocycles. The largest absolute Gasteiger partial charge is 0.361 e. The number of hydrogen-bond acceptors (Lipinski definition) is 6. The van der Waals surface area contributed by atoms with Crippen LogP contribution in [-0.2, 0) is 16.0 Å². The second-order valence-electron chi connectivity index (χ2n) is 11.1. The fourth-order valence-corrected chi connectivity index (χ4v) is 5.15. The molecular weight excluding hydrogens is 574 g/mol. The summed E-state index contributed by atoms with van der Waals surface area (Å²) in [5.74, 6) is 0.435. The monoisotopic (exact) mass is 633 g/mol. The van der Waals surface area contributed by atoms with E-state index in [1.54, 1.807) is 18.3 Å². The van der Waals surface area contributed by atoms with Crippen molar-refractivity contribution in [3.05, 3.63) is 76.5 Å². The van der Waals surface area contributed by atoms with Crippen molar-refractivity contribution in [2.75, 3.05) is 23.7 Å². The van der Waals surface area contributed by atoms with Crippen LogP contribution in [0.4, 0.5) is 11.4 Å². The van der Waals surface area contributed by atoms with Crippen LogP contribution >= 0.6 is 0 Å². The highest BCUT2D eigenvalue weighted by molar-refractivity contribution is 6.06. The Hall–Kier alpha value is -3.78. The molecule has 0 bridgehead atoms. The Labute approximate surface area is 278 Å². The number of anilines is 2. The van der Waals surface area contributed by atoms with E-state index in [0.717, 1.165) is 78.8 Å². The summed E-state index contributed by atoms with van der Waals surface area (Å²) in [5, 5.41) is 10.2. The van der Waals surface area contributed by atoms with E-state index in [1.807, 2.05) is 61.5 Å². The number of likely N-dealkylation sites (tertiary alicyclic amines) is 1. The summed E-state index contributed by atoms with van der Waals surface area (Å²) in [6.07, 6.45) is 13.3. The van der Waals surface area contributed by atoms with E-state index < -0.39 is 0 Å². The third-order valence-electron chi connectivity index (χ3n) is 7.77. The number of allylic oxidation sites excluding steroid dienone is 5. The van der Waals surface area contributed by atoms with Gasteiger partial charge in [0.05, 0.1) is 35.5 Å². The molecule has 1 aliphatic rings. The van der Waals surface area contributed by atoms with Crippen LogP contribution in [-0.4, -0.2) is 46.0 Å². The molecule has 46 heavy (non-hydrogen) atoms.